The molecule has 0 radical (unpaired) electrons. The lowest BCUT2D eigenvalue weighted by molar-refractivity contribution is 0.174. The summed E-state index contributed by atoms with van der Waals surface area (Å²) >= 11 is 5.43. The van der Waals surface area contributed by atoms with Gasteiger partial charge in [0.2, 0.25) is 10.0 Å². The van der Waals surface area contributed by atoms with Crippen LogP contribution in [0.4, 0.5) is 0 Å². The molecule has 0 atom stereocenters. The molecule has 0 bridgehead atoms. The van der Waals surface area contributed by atoms with Crippen molar-refractivity contribution in [3.8, 4) is 0 Å². The standard InChI is InChI=1S/C10H20ClNO2S/c1-10(2)6-4-9(5-7-10)12(3)15(13,14)8-11/h9H,4-8H2,1-3H3. The van der Waals surface area contributed by atoms with E-state index in [2.05, 4.69) is 13.8 Å². The van der Waals surface area contributed by atoms with Crippen LogP contribution < -0.4 is 0 Å². The third-order valence-electron chi connectivity index (χ3n) is 3.40. The molecule has 0 unspecified atom stereocenters. The Morgan fingerprint density at radius 3 is 2.20 bits per heavy atom. The summed E-state index contributed by atoms with van der Waals surface area (Å²) in [6, 6.07) is 0.141. The zero-order valence-electron chi connectivity index (χ0n) is 9.66. The fourth-order valence-corrected chi connectivity index (χ4v) is 3.33. The van der Waals surface area contributed by atoms with Gasteiger partial charge in [0.1, 0.15) is 5.21 Å². The lowest BCUT2D eigenvalue weighted by Gasteiger charge is -2.37. The van der Waals surface area contributed by atoms with Gasteiger partial charge in [-0.1, -0.05) is 13.8 Å². The molecule has 0 amide bonds. The summed E-state index contributed by atoms with van der Waals surface area (Å²) in [4.78, 5) is 0. The Balaban J connectivity index is 2.62. The number of hydrogen-bond donors (Lipinski definition) is 0. The Morgan fingerprint density at radius 2 is 1.80 bits per heavy atom. The third kappa shape index (κ3) is 3.33. The average molecular weight is 254 g/mol. The monoisotopic (exact) mass is 253 g/mol. The van der Waals surface area contributed by atoms with Gasteiger partial charge in [0.25, 0.3) is 0 Å². The highest BCUT2D eigenvalue weighted by molar-refractivity contribution is 7.90. The van der Waals surface area contributed by atoms with Crippen molar-refractivity contribution >= 4 is 21.6 Å². The van der Waals surface area contributed by atoms with Gasteiger partial charge in [0.15, 0.2) is 0 Å². The number of sulfonamides is 1. The van der Waals surface area contributed by atoms with E-state index in [1.165, 1.54) is 4.31 Å². The van der Waals surface area contributed by atoms with E-state index >= 15 is 0 Å². The molecule has 1 saturated carbocycles. The van der Waals surface area contributed by atoms with Gasteiger partial charge in [-0.15, -0.1) is 11.6 Å². The van der Waals surface area contributed by atoms with Crippen LogP contribution in [0.1, 0.15) is 39.5 Å². The first-order valence-corrected chi connectivity index (χ1v) is 7.44. The maximum absolute atomic E-state index is 11.6. The van der Waals surface area contributed by atoms with Crippen LogP contribution in [0, 0.1) is 5.41 Å². The van der Waals surface area contributed by atoms with E-state index in [9.17, 15) is 8.42 Å². The van der Waals surface area contributed by atoms with Crippen LogP contribution in [0.2, 0.25) is 0 Å². The van der Waals surface area contributed by atoms with Crippen LogP contribution >= 0.6 is 11.6 Å². The van der Waals surface area contributed by atoms with Crippen molar-refractivity contribution in [1.29, 1.82) is 0 Å². The average Bonchev–Trinajstić information content (AvgIpc) is 2.17. The van der Waals surface area contributed by atoms with Gasteiger partial charge in [-0.05, 0) is 31.1 Å². The van der Waals surface area contributed by atoms with Gasteiger partial charge >= 0.3 is 0 Å². The quantitative estimate of drug-likeness (QED) is 0.725. The number of alkyl halides is 1. The smallest absolute Gasteiger partial charge is 0.211 e. The number of halogens is 1. The minimum atomic E-state index is -3.24. The molecule has 0 aromatic heterocycles. The van der Waals surface area contributed by atoms with Gasteiger partial charge in [-0.2, -0.15) is 0 Å². The van der Waals surface area contributed by atoms with Gasteiger partial charge in [0.05, 0.1) is 0 Å². The van der Waals surface area contributed by atoms with Crippen molar-refractivity contribution in [2.75, 3.05) is 12.3 Å². The zero-order valence-corrected chi connectivity index (χ0v) is 11.2. The molecule has 90 valence electrons. The maximum atomic E-state index is 11.6. The molecule has 1 rings (SSSR count). The fourth-order valence-electron chi connectivity index (χ4n) is 2.05. The number of rotatable bonds is 3. The van der Waals surface area contributed by atoms with E-state index in [1.807, 2.05) is 0 Å². The third-order valence-corrected chi connectivity index (χ3v) is 5.68. The van der Waals surface area contributed by atoms with Crippen LogP contribution in [-0.2, 0) is 10.0 Å². The minimum Gasteiger partial charge on any atom is -0.211 e. The van der Waals surface area contributed by atoms with E-state index in [1.54, 1.807) is 7.05 Å². The first-order chi connectivity index (χ1) is 6.78. The highest BCUT2D eigenvalue weighted by Crippen LogP contribution is 2.37. The van der Waals surface area contributed by atoms with E-state index in [0.717, 1.165) is 25.7 Å². The Morgan fingerprint density at radius 1 is 1.33 bits per heavy atom. The summed E-state index contributed by atoms with van der Waals surface area (Å²) in [6.45, 7) is 4.47. The molecule has 0 aliphatic heterocycles. The molecule has 1 aliphatic rings. The summed E-state index contributed by atoms with van der Waals surface area (Å²) in [5.41, 5.74) is 0.363. The molecule has 1 aliphatic carbocycles. The summed E-state index contributed by atoms with van der Waals surface area (Å²) in [7, 11) is -1.60. The first kappa shape index (κ1) is 13.3. The molecule has 0 heterocycles. The SMILES string of the molecule is CN(C1CCC(C)(C)CC1)S(=O)(=O)CCl. The maximum Gasteiger partial charge on any atom is 0.228 e. The lowest BCUT2D eigenvalue weighted by Crippen LogP contribution is -2.41. The highest BCUT2D eigenvalue weighted by Gasteiger charge is 2.32. The molecule has 15 heavy (non-hydrogen) atoms. The Hall–Kier alpha value is 0.200. The predicted molar refractivity (Wildman–Crippen MR) is 63.4 cm³/mol. The summed E-state index contributed by atoms with van der Waals surface area (Å²) < 4.78 is 24.6. The molecule has 5 heteroatoms. The van der Waals surface area contributed by atoms with Crippen LogP contribution in [0.15, 0.2) is 0 Å². The Labute approximate surface area is 97.8 Å². The Kier molecular flexibility index (Phi) is 4.07. The zero-order chi connectivity index (χ0) is 11.7. The minimum absolute atomic E-state index is 0.141. The molecule has 0 N–H and O–H groups in total. The fraction of sp³-hybridized carbons (Fsp3) is 1.00. The summed E-state index contributed by atoms with van der Waals surface area (Å²) in [6.07, 6.45) is 4.05. The molecule has 0 saturated heterocycles. The van der Waals surface area contributed by atoms with Gasteiger partial charge in [-0.25, -0.2) is 12.7 Å². The largest absolute Gasteiger partial charge is 0.228 e. The Bertz CT molecular complexity index is 303. The topological polar surface area (TPSA) is 37.4 Å². The van der Waals surface area contributed by atoms with Crippen molar-refractivity contribution in [2.24, 2.45) is 5.41 Å². The lowest BCUT2D eigenvalue weighted by atomic mass is 9.76. The van der Waals surface area contributed by atoms with Gasteiger partial charge < -0.3 is 0 Å². The van der Waals surface area contributed by atoms with Crippen molar-refractivity contribution in [3.05, 3.63) is 0 Å². The first-order valence-electron chi connectivity index (χ1n) is 5.30. The van der Waals surface area contributed by atoms with E-state index < -0.39 is 10.0 Å². The van der Waals surface area contributed by atoms with Crippen LogP contribution in [0.25, 0.3) is 0 Å². The molecule has 0 aromatic carbocycles. The summed E-state index contributed by atoms with van der Waals surface area (Å²) in [5.74, 6) is 0. The normalized spacial score (nSPS) is 23.3. The molecule has 1 fully saturated rings. The predicted octanol–water partition coefficient (Wildman–Crippen LogP) is 2.41. The molecular weight excluding hydrogens is 234 g/mol. The van der Waals surface area contributed by atoms with Crippen LogP contribution in [0.3, 0.4) is 0 Å². The molecule has 0 spiro atoms. The van der Waals surface area contributed by atoms with Crippen LogP contribution in [-0.4, -0.2) is 31.0 Å². The van der Waals surface area contributed by atoms with Crippen molar-refractivity contribution in [2.45, 2.75) is 45.6 Å². The molecular formula is C10H20ClNO2S. The second kappa shape index (κ2) is 4.60. The van der Waals surface area contributed by atoms with Gasteiger partial charge in [-0.3, -0.25) is 0 Å². The second-order valence-corrected chi connectivity index (χ2v) is 7.75. The van der Waals surface area contributed by atoms with Gasteiger partial charge in [0, 0.05) is 13.1 Å². The second-order valence-electron chi connectivity index (χ2n) is 5.13. The summed E-state index contributed by atoms with van der Waals surface area (Å²) in [5, 5.41) is -0.316. The van der Waals surface area contributed by atoms with Crippen molar-refractivity contribution < 1.29 is 8.42 Å². The molecule has 3 nitrogen and oxygen atoms in total. The molecule has 0 aromatic rings. The van der Waals surface area contributed by atoms with Crippen molar-refractivity contribution in [1.82, 2.24) is 4.31 Å². The van der Waals surface area contributed by atoms with E-state index in [4.69, 9.17) is 11.6 Å². The number of hydrogen-bond acceptors (Lipinski definition) is 2. The van der Waals surface area contributed by atoms with E-state index in [-0.39, 0.29) is 11.3 Å². The van der Waals surface area contributed by atoms with Crippen LogP contribution in [0.5, 0.6) is 0 Å². The number of nitrogens with zero attached hydrogens (tertiary/aromatic N) is 1. The van der Waals surface area contributed by atoms with E-state index in [0.29, 0.717) is 5.41 Å². The highest BCUT2D eigenvalue weighted by atomic mass is 35.5. The van der Waals surface area contributed by atoms with Crippen molar-refractivity contribution in [3.63, 3.8) is 0 Å².